The average molecular weight is 292 g/mol. The Morgan fingerprint density at radius 3 is 2.24 bits per heavy atom. The standard InChI is InChI=1S/C16H24N2O3/c1-10(2)14-16(21)17(11-6-4-3-5-7-11)15(20)12-8-9-13(19)18(12)14/h10-12,14H,3-9H2,1-2H3/t12-,14-/m0/s1. The number of carbonyl (C=O) groups excluding carboxylic acids is 3. The lowest BCUT2D eigenvalue weighted by atomic mass is 9.89. The Kier molecular flexibility index (Phi) is 3.76. The normalized spacial score (nSPS) is 31.3. The molecule has 3 rings (SSSR count). The average Bonchev–Trinajstić information content (AvgIpc) is 2.82. The second-order valence-corrected chi connectivity index (χ2v) is 6.88. The van der Waals surface area contributed by atoms with Gasteiger partial charge < -0.3 is 4.90 Å². The highest BCUT2D eigenvalue weighted by molar-refractivity contribution is 6.07. The van der Waals surface area contributed by atoms with Gasteiger partial charge in [0, 0.05) is 12.5 Å². The number of carbonyl (C=O) groups is 3. The third kappa shape index (κ3) is 2.27. The van der Waals surface area contributed by atoms with Gasteiger partial charge in [-0.3, -0.25) is 19.3 Å². The first-order valence-corrected chi connectivity index (χ1v) is 8.20. The van der Waals surface area contributed by atoms with E-state index in [1.165, 1.54) is 11.3 Å². The van der Waals surface area contributed by atoms with Gasteiger partial charge in [-0.05, 0) is 25.2 Å². The van der Waals surface area contributed by atoms with Crippen LogP contribution in [0.15, 0.2) is 0 Å². The second kappa shape index (κ2) is 5.43. The maximum Gasteiger partial charge on any atom is 0.252 e. The fourth-order valence-corrected chi connectivity index (χ4v) is 4.13. The molecule has 1 saturated carbocycles. The summed E-state index contributed by atoms with van der Waals surface area (Å²) in [6.07, 6.45) is 6.16. The molecule has 2 aliphatic heterocycles. The molecule has 0 N–H and O–H groups in total. The first kappa shape index (κ1) is 14.5. The molecule has 3 amide bonds. The number of piperazine rings is 1. The molecule has 5 nitrogen and oxygen atoms in total. The van der Waals surface area contributed by atoms with Gasteiger partial charge in [0.05, 0.1) is 0 Å². The van der Waals surface area contributed by atoms with Gasteiger partial charge in [-0.25, -0.2) is 0 Å². The minimum absolute atomic E-state index is 0.0382. The van der Waals surface area contributed by atoms with Crippen LogP contribution in [-0.4, -0.2) is 45.6 Å². The van der Waals surface area contributed by atoms with E-state index in [9.17, 15) is 14.4 Å². The van der Waals surface area contributed by atoms with E-state index in [1.54, 1.807) is 4.90 Å². The highest BCUT2D eigenvalue weighted by atomic mass is 16.2. The molecule has 2 saturated heterocycles. The van der Waals surface area contributed by atoms with Crippen molar-refractivity contribution in [3.63, 3.8) is 0 Å². The molecule has 0 bridgehead atoms. The fourth-order valence-electron chi connectivity index (χ4n) is 4.13. The molecule has 1 aliphatic carbocycles. The minimum atomic E-state index is -0.454. The topological polar surface area (TPSA) is 57.7 Å². The number of amides is 3. The van der Waals surface area contributed by atoms with Gasteiger partial charge in [-0.1, -0.05) is 33.1 Å². The highest BCUT2D eigenvalue weighted by Crippen LogP contribution is 2.35. The van der Waals surface area contributed by atoms with Crippen LogP contribution in [0.1, 0.15) is 58.8 Å². The van der Waals surface area contributed by atoms with Crippen molar-refractivity contribution in [3.8, 4) is 0 Å². The van der Waals surface area contributed by atoms with Crippen molar-refractivity contribution in [2.45, 2.75) is 76.9 Å². The number of fused-ring (bicyclic) bond motifs is 1. The van der Waals surface area contributed by atoms with Gasteiger partial charge >= 0.3 is 0 Å². The van der Waals surface area contributed by atoms with Crippen molar-refractivity contribution in [2.75, 3.05) is 0 Å². The third-order valence-electron chi connectivity index (χ3n) is 5.14. The zero-order valence-corrected chi connectivity index (χ0v) is 12.9. The number of imide groups is 1. The zero-order valence-electron chi connectivity index (χ0n) is 12.9. The second-order valence-electron chi connectivity index (χ2n) is 6.88. The summed E-state index contributed by atoms with van der Waals surface area (Å²) in [6, 6.07) is -0.799. The maximum absolute atomic E-state index is 12.9. The van der Waals surface area contributed by atoms with E-state index in [0.29, 0.717) is 12.8 Å². The number of rotatable bonds is 2. The van der Waals surface area contributed by atoms with Gasteiger partial charge in [-0.2, -0.15) is 0 Å². The molecule has 5 heteroatoms. The van der Waals surface area contributed by atoms with Crippen LogP contribution in [0, 0.1) is 5.92 Å². The van der Waals surface area contributed by atoms with Crippen LogP contribution in [0.4, 0.5) is 0 Å². The number of hydrogen-bond acceptors (Lipinski definition) is 3. The summed E-state index contributed by atoms with van der Waals surface area (Å²) in [5.41, 5.74) is 0. The Labute approximate surface area is 125 Å². The molecule has 0 radical (unpaired) electrons. The van der Waals surface area contributed by atoms with Crippen molar-refractivity contribution in [1.29, 1.82) is 0 Å². The van der Waals surface area contributed by atoms with Crippen LogP contribution in [0.5, 0.6) is 0 Å². The van der Waals surface area contributed by atoms with Crippen LogP contribution in [0.25, 0.3) is 0 Å². The molecule has 3 aliphatic rings. The summed E-state index contributed by atoms with van der Waals surface area (Å²) in [5.74, 6) is -0.270. The summed E-state index contributed by atoms with van der Waals surface area (Å²) >= 11 is 0. The Balaban J connectivity index is 1.93. The Morgan fingerprint density at radius 1 is 0.952 bits per heavy atom. The van der Waals surface area contributed by atoms with Gasteiger partial charge in [0.2, 0.25) is 5.91 Å². The van der Waals surface area contributed by atoms with Gasteiger partial charge in [0.15, 0.2) is 0 Å². The maximum atomic E-state index is 12.9. The van der Waals surface area contributed by atoms with E-state index >= 15 is 0 Å². The lowest BCUT2D eigenvalue weighted by Gasteiger charge is -2.46. The summed E-state index contributed by atoms with van der Waals surface area (Å²) in [5, 5.41) is 0. The van der Waals surface area contributed by atoms with Crippen molar-refractivity contribution >= 4 is 17.7 Å². The van der Waals surface area contributed by atoms with Crippen LogP contribution < -0.4 is 0 Å². The molecule has 2 heterocycles. The molecule has 2 atom stereocenters. The van der Waals surface area contributed by atoms with E-state index in [1.807, 2.05) is 13.8 Å². The van der Waals surface area contributed by atoms with Crippen LogP contribution in [0.3, 0.4) is 0 Å². The molecule has 0 aromatic carbocycles. The van der Waals surface area contributed by atoms with Crippen LogP contribution >= 0.6 is 0 Å². The zero-order chi connectivity index (χ0) is 15.1. The van der Waals surface area contributed by atoms with Crippen molar-refractivity contribution in [3.05, 3.63) is 0 Å². The molecule has 0 unspecified atom stereocenters. The summed E-state index contributed by atoms with van der Waals surface area (Å²) in [4.78, 5) is 40.8. The van der Waals surface area contributed by atoms with Gasteiger partial charge in [-0.15, -0.1) is 0 Å². The Morgan fingerprint density at radius 2 is 1.62 bits per heavy atom. The molecular weight excluding hydrogens is 268 g/mol. The molecule has 0 spiro atoms. The smallest absolute Gasteiger partial charge is 0.252 e. The molecule has 3 fully saturated rings. The lowest BCUT2D eigenvalue weighted by molar-refractivity contribution is -0.168. The monoisotopic (exact) mass is 292 g/mol. The van der Waals surface area contributed by atoms with Crippen LogP contribution in [0.2, 0.25) is 0 Å². The predicted octanol–water partition coefficient (Wildman–Crippen LogP) is 1.70. The quantitative estimate of drug-likeness (QED) is 0.728. The Bertz CT molecular complexity index is 468. The van der Waals surface area contributed by atoms with E-state index in [4.69, 9.17) is 0 Å². The fraction of sp³-hybridized carbons (Fsp3) is 0.812. The molecule has 116 valence electrons. The Hall–Kier alpha value is -1.39. The molecule has 21 heavy (non-hydrogen) atoms. The van der Waals surface area contributed by atoms with E-state index < -0.39 is 12.1 Å². The SMILES string of the molecule is CC(C)[C@H]1C(=O)N(C2CCCCC2)C(=O)[C@@H]2CCC(=O)N12. The summed E-state index contributed by atoms with van der Waals surface area (Å²) in [7, 11) is 0. The van der Waals surface area contributed by atoms with E-state index in [0.717, 1.165) is 25.7 Å². The highest BCUT2D eigenvalue weighted by Gasteiger charge is 2.53. The molecular formula is C16H24N2O3. The van der Waals surface area contributed by atoms with Crippen molar-refractivity contribution < 1.29 is 14.4 Å². The molecule has 0 aromatic rings. The summed E-state index contributed by atoms with van der Waals surface area (Å²) < 4.78 is 0. The minimum Gasteiger partial charge on any atom is -0.318 e. The number of hydrogen-bond donors (Lipinski definition) is 0. The lowest BCUT2D eigenvalue weighted by Crippen LogP contribution is -2.67. The van der Waals surface area contributed by atoms with Crippen LogP contribution in [-0.2, 0) is 14.4 Å². The first-order valence-electron chi connectivity index (χ1n) is 8.20. The predicted molar refractivity (Wildman–Crippen MR) is 77.2 cm³/mol. The van der Waals surface area contributed by atoms with E-state index in [2.05, 4.69) is 0 Å². The number of nitrogens with zero attached hydrogens (tertiary/aromatic N) is 2. The third-order valence-corrected chi connectivity index (χ3v) is 5.14. The summed E-state index contributed by atoms with van der Waals surface area (Å²) in [6.45, 7) is 3.92. The van der Waals surface area contributed by atoms with Gasteiger partial charge in [0.25, 0.3) is 11.8 Å². The van der Waals surface area contributed by atoms with Crippen molar-refractivity contribution in [1.82, 2.24) is 9.80 Å². The largest absolute Gasteiger partial charge is 0.318 e. The molecule has 0 aromatic heterocycles. The van der Waals surface area contributed by atoms with Crippen molar-refractivity contribution in [2.24, 2.45) is 5.92 Å². The van der Waals surface area contributed by atoms with Gasteiger partial charge in [0.1, 0.15) is 12.1 Å². The first-order chi connectivity index (χ1) is 10.0. The van der Waals surface area contributed by atoms with E-state index in [-0.39, 0.29) is 29.7 Å².